The van der Waals surface area contributed by atoms with Crippen molar-refractivity contribution in [3.8, 4) is 0 Å². The highest BCUT2D eigenvalue weighted by Crippen LogP contribution is 2.27. The number of benzene rings is 4. The van der Waals surface area contributed by atoms with Gasteiger partial charge < -0.3 is 10.6 Å². The quantitative estimate of drug-likeness (QED) is 0.186. The molecule has 0 heterocycles. The summed E-state index contributed by atoms with van der Waals surface area (Å²) >= 11 is 1.81. The van der Waals surface area contributed by atoms with E-state index < -0.39 is 0 Å². The topological polar surface area (TPSA) is 58.2 Å². The molecular formula is C31H31FN2O2S. The zero-order chi connectivity index (χ0) is 26.5. The van der Waals surface area contributed by atoms with Gasteiger partial charge in [-0.05, 0) is 79.4 Å². The first-order chi connectivity index (χ1) is 17.9. The normalized spacial score (nSPS) is 11.0. The molecule has 190 valence electrons. The van der Waals surface area contributed by atoms with Gasteiger partial charge in [0.05, 0.1) is 0 Å². The maximum Gasteiger partial charge on any atom is 0.251 e. The third kappa shape index (κ3) is 9.58. The SMILES string of the molecule is CC(Cc1ccccc1)NC(=O)c1ccc(F)cc1.Cc1cc(NC=O)ccc1SCc1ccccc1. The van der Waals surface area contributed by atoms with Crippen LogP contribution in [0.4, 0.5) is 10.1 Å². The number of anilines is 1. The second-order valence-corrected chi connectivity index (χ2v) is 9.61. The predicted octanol–water partition coefficient (Wildman–Crippen LogP) is 7.04. The van der Waals surface area contributed by atoms with Crippen molar-refractivity contribution in [2.24, 2.45) is 0 Å². The van der Waals surface area contributed by atoms with E-state index in [9.17, 15) is 14.0 Å². The van der Waals surface area contributed by atoms with E-state index in [1.807, 2.05) is 67.2 Å². The summed E-state index contributed by atoms with van der Waals surface area (Å²) in [4.78, 5) is 23.5. The molecule has 0 spiro atoms. The maximum absolute atomic E-state index is 12.8. The molecule has 0 saturated carbocycles. The van der Waals surface area contributed by atoms with Crippen LogP contribution in [0, 0.1) is 12.7 Å². The monoisotopic (exact) mass is 514 g/mol. The lowest BCUT2D eigenvalue weighted by atomic mass is 10.1. The Morgan fingerprint density at radius 1 is 0.892 bits per heavy atom. The van der Waals surface area contributed by atoms with Crippen LogP contribution in [0.5, 0.6) is 0 Å². The summed E-state index contributed by atoms with van der Waals surface area (Å²) in [7, 11) is 0. The zero-order valence-corrected chi connectivity index (χ0v) is 21.8. The largest absolute Gasteiger partial charge is 0.349 e. The summed E-state index contributed by atoms with van der Waals surface area (Å²) in [6.45, 7) is 4.01. The van der Waals surface area contributed by atoms with Gasteiger partial charge in [-0.25, -0.2) is 4.39 Å². The van der Waals surface area contributed by atoms with Gasteiger partial charge in [-0.1, -0.05) is 60.7 Å². The lowest BCUT2D eigenvalue weighted by Crippen LogP contribution is -2.34. The minimum absolute atomic E-state index is 0.0277. The molecule has 0 aliphatic carbocycles. The molecule has 4 rings (SSSR count). The van der Waals surface area contributed by atoms with Crippen molar-refractivity contribution >= 4 is 29.8 Å². The molecular weight excluding hydrogens is 483 g/mol. The van der Waals surface area contributed by atoms with Crippen LogP contribution in [-0.4, -0.2) is 18.4 Å². The van der Waals surface area contributed by atoms with Gasteiger partial charge in [0, 0.05) is 27.9 Å². The second kappa shape index (κ2) is 14.6. The fraction of sp³-hybridized carbons (Fsp3) is 0.161. The van der Waals surface area contributed by atoms with Gasteiger partial charge in [-0.2, -0.15) is 0 Å². The lowest BCUT2D eigenvalue weighted by molar-refractivity contribution is -0.105. The van der Waals surface area contributed by atoms with E-state index in [4.69, 9.17) is 0 Å². The average Bonchev–Trinajstić information content (AvgIpc) is 2.90. The number of amides is 2. The van der Waals surface area contributed by atoms with Crippen molar-refractivity contribution in [2.45, 2.75) is 37.0 Å². The van der Waals surface area contributed by atoms with Crippen LogP contribution >= 0.6 is 11.8 Å². The van der Waals surface area contributed by atoms with Crippen molar-refractivity contribution in [2.75, 3.05) is 5.32 Å². The first-order valence-corrected chi connectivity index (χ1v) is 13.0. The highest BCUT2D eigenvalue weighted by Gasteiger charge is 2.10. The summed E-state index contributed by atoms with van der Waals surface area (Å²) in [5.74, 6) is 0.444. The number of nitrogens with one attached hydrogen (secondary N) is 2. The highest BCUT2D eigenvalue weighted by molar-refractivity contribution is 7.98. The molecule has 2 amide bonds. The molecule has 0 saturated heterocycles. The van der Waals surface area contributed by atoms with E-state index in [2.05, 4.69) is 47.9 Å². The summed E-state index contributed by atoms with van der Waals surface area (Å²) < 4.78 is 12.8. The molecule has 0 radical (unpaired) electrons. The van der Waals surface area contributed by atoms with Gasteiger partial charge in [-0.3, -0.25) is 9.59 Å². The van der Waals surface area contributed by atoms with E-state index >= 15 is 0 Å². The Balaban J connectivity index is 0.000000206. The third-order valence-electron chi connectivity index (χ3n) is 5.51. The summed E-state index contributed by atoms with van der Waals surface area (Å²) in [5, 5.41) is 5.56. The predicted molar refractivity (Wildman–Crippen MR) is 150 cm³/mol. The number of thioether (sulfide) groups is 1. The second-order valence-electron chi connectivity index (χ2n) is 8.59. The molecule has 0 aliphatic rings. The van der Waals surface area contributed by atoms with E-state index in [1.165, 1.54) is 45.9 Å². The molecule has 0 fully saturated rings. The van der Waals surface area contributed by atoms with Gasteiger partial charge in [0.1, 0.15) is 5.82 Å². The third-order valence-corrected chi connectivity index (χ3v) is 6.75. The summed E-state index contributed by atoms with van der Waals surface area (Å²) in [6, 6.07) is 31.9. The Kier molecular flexibility index (Phi) is 10.9. The van der Waals surface area contributed by atoms with Crippen LogP contribution in [-0.2, 0) is 17.0 Å². The van der Waals surface area contributed by atoms with Gasteiger partial charge in [0.25, 0.3) is 5.91 Å². The van der Waals surface area contributed by atoms with Crippen LogP contribution in [0.2, 0.25) is 0 Å². The number of hydrogen-bond acceptors (Lipinski definition) is 3. The Morgan fingerprint density at radius 2 is 1.51 bits per heavy atom. The molecule has 0 aromatic heterocycles. The molecule has 6 heteroatoms. The van der Waals surface area contributed by atoms with Gasteiger partial charge in [-0.15, -0.1) is 11.8 Å². The summed E-state index contributed by atoms with van der Waals surface area (Å²) in [6.07, 6.45) is 1.47. The van der Waals surface area contributed by atoms with Crippen molar-refractivity contribution in [1.29, 1.82) is 0 Å². The Labute approximate surface area is 222 Å². The molecule has 4 nitrogen and oxygen atoms in total. The van der Waals surface area contributed by atoms with Crippen LogP contribution in [0.3, 0.4) is 0 Å². The maximum atomic E-state index is 12.8. The van der Waals surface area contributed by atoms with E-state index in [0.29, 0.717) is 12.0 Å². The molecule has 4 aromatic carbocycles. The van der Waals surface area contributed by atoms with Gasteiger partial charge in [0.2, 0.25) is 6.41 Å². The fourth-order valence-corrected chi connectivity index (χ4v) is 4.60. The van der Waals surface area contributed by atoms with Crippen LogP contribution in [0.1, 0.15) is 34.0 Å². The van der Waals surface area contributed by atoms with E-state index in [-0.39, 0.29) is 17.8 Å². The van der Waals surface area contributed by atoms with Crippen molar-refractivity contribution < 1.29 is 14.0 Å². The number of halogens is 1. The minimum atomic E-state index is -0.339. The number of hydrogen-bond donors (Lipinski definition) is 2. The van der Waals surface area contributed by atoms with E-state index in [0.717, 1.165) is 17.9 Å². The number of carbonyl (C=O) groups is 2. The number of carbonyl (C=O) groups excluding carboxylic acids is 2. The summed E-state index contributed by atoms with van der Waals surface area (Å²) in [5.41, 5.74) is 4.99. The Hall–Kier alpha value is -3.90. The highest BCUT2D eigenvalue weighted by atomic mass is 32.2. The fourth-order valence-electron chi connectivity index (χ4n) is 3.63. The lowest BCUT2D eigenvalue weighted by Gasteiger charge is -2.14. The first-order valence-electron chi connectivity index (χ1n) is 12.0. The molecule has 0 bridgehead atoms. The number of rotatable bonds is 9. The Bertz CT molecular complexity index is 1270. The van der Waals surface area contributed by atoms with Crippen molar-refractivity contribution in [3.05, 3.63) is 131 Å². The smallest absolute Gasteiger partial charge is 0.251 e. The first kappa shape index (κ1) is 27.7. The van der Waals surface area contributed by atoms with Gasteiger partial charge in [0.15, 0.2) is 0 Å². The molecule has 1 unspecified atom stereocenters. The Morgan fingerprint density at radius 3 is 2.11 bits per heavy atom. The van der Waals surface area contributed by atoms with Crippen molar-refractivity contribution in [1.82, 2.24) is 5.32 Å². The molecule has 4 aromatic rings. The standard InChI is InChI=1S/C16H16FNO.C15H15NOS/c1-12(11-13-5-3-2-4-6-13)18-16(19)14-7-9-15(17)10-8-14;1-12-9-14(16-11-17)7-8-15(12)18-10-13-5-3-2-4-6-13/h2-10,12H,11H2,1H3,(H,18,19);2-9,11H,10H2,1H3,(H,16,17). The molecule has 2 N–H and O–H groups in total. The number of aryl methyl sites for hydroxylation is 1. The minimum Gasteiger partial charge on any atom is -0.349 e. The van der Waals surface area contributed by atoms with E-state index in [1.54, 1.807) is 0 Å². The van der Waals surface area contributed by atoms with Crippen LogP contribution < -0.4 is 10.6 Å². The van der Waals surface area contributed by atoms with Crippen LogP contribution in [0.15, 0.2) is 108 Å². The average molecular weight is 515 g/mol. The molecule has 37 heavy (non-hydrogen) atoms. The van der Waals surface area contributed by atoms with Crippen molar-refractivity contribution in [3.63, 3.8) is 0 Å². The molecule has 0 aliphatic heterocycles. The molecule has 1 atom stereocenters. The zero-order valence-electron chi connectivity index (χ0n) is 21.0. The van der Waals surface area contributed by atoms with Gasteiger partial charge >= 0.3 is 0 Å². The van der Waals surface area contributed by atoms with Crippen LogP contribution in [0.25, 0.3) is 0 Å².